The molecule has 4 nitrogen and oxygen atoms in total. The van der Waals surface area contributed by atoms with Crippen molar-refractivity contribution in [2.75, 3.05) is 6.61 Å². The highest BCUT2D eigenvalue weighted by Crippen LogP contribution is 2.18. The Balaban J connectivity index is 2.76. The van der Waals surface area contributed by atoms with E-state index in [1.165, 1.54) is 12.3 Å². The van der Waals surface area contributed by atoms with E-state index in [1.807, 2.05) is 0 Å². The first-order valence-electron chi connectivity index (χ1n) is 4.77. The smallest absolute Gasteiger partial charge is 0.253 e. The second-order valence-corrected chi connectivity index (χ2v) is 4.17. The average Bonchev–Trinajstić information content (AvgIpc) is 2.21. The molecular formula is C10H12Cl2N2O2. The molecular weight excluding hydrogens is 251 g/mol. The van der Waals surface area contributed by atoms with E-state index < -0.39 is 0 Å². The molecule has 1 heterocycles. The molecule has 0 spiro atoms. The number of nitrogens with zero attached hydrogens (tertiary/aromatic N) is 1. The zero-order valence-electron chi connectivity index (χ0n) is 8.70. The fourth-order valence-electron chi connectivity index (χ4n) is 1.15. The second kappa shape index (κ2) is 6.03. The molecule has 0 bridgehead atoms. The van der Waals surface area contributed by atoms with E-state index in [0.717, 1.165) is 0 Å². The van der Waals surface area contributed by atoms with E-state index in [9.17, 15) is 4.79 Å². The first-order chi connectivity index (χ1) is 7.54. The van der Waals surface area contributed by atoms with Crippen molar-refractivity contribution in [1.82, 2.24) is 10.3 Å². The summed E-state index contributed by atoms with van der Waals surface area (Å²) in [5, 5.41) is 11.9. The quantitative estimate of drug-likeness (QED) is 0.815. The predicted octanol–water partition coefficient (Wildman–Crippen LogP) is 1.89. The number of nitrogens with one attached hydrogen (secondary N) is 1. The van der Waals surface area contributed by atoms with E-state index in [4.69, 9.17) is 28.3 Å². The van der Waals surface area contributed by atoms with Crippen molar-refractivity contribution in [2.24, 2.45) is 0 Å². The van der Waals surface area contributed by atoms with Gasteiger partial charge >= 0.3 is 0 Å². The van der Waals surface area contributed by atoms with Crippen molar-refractivity contribution in [3.63, 3.8) is 0 Å². The number of amides is 1. The van der Waals surface area contributed by atoms with Crippen molar-refractivity contribution in [1.29, 1.82) is 0 Å². The molecule has 0 fully saturated rings. The average molecular weight is 263 g/mol. The van der Waals surface area contributed by atoms with Gasteiger partial charge in [0, 0.05) is 18.8 Å². The molecule has 0 radical (unpaired) electrons. The lowest BCUT2D eigenvalue weighted by molar-refractivity contribution is 0.0934. The number of aliphatic hydroxyl groups excluding tert-OH is 1. The molecule has 1 rings (SSSR count). The lowest BCUT2D eigenvalue weighted by Crippen LogP contribution is -2.33. The third kappa shape index (κ3) is 3.63. The number of aliphatic hydroxyl groups is 1. The van der Waals surface area contributed by atoms with Crippen LogP contribution in [0.25, 0.3) is 0 Å². The molecule has 16 heavy (non-hydrogen) atoms. The van der Waals surface area contributed by atoms with Crippen molar-refractivity contribution in [3.8, 4) is 0 Å². The summed E-state index contributed by atoms with van der Waals surface area (Å²) in [5.41, 5.74) is 0.284. The van der Waals surface area contributed by atoms with Gasteiger partial charge in [-0.15, -0.1) is 0 Å². The van der Waals surface area contributed by atoms with Crippen LogP contribution in [0.2, 0.25) is 10.2 Å². The van der Waals surface area contributed by atoms with Gasteiger partial charge in [0.05, 0.1) is 10.6 Å². The van der Waals surface area contributed by atoms with E-state index in [-0.39, 0.29) is 34.3 Å². The van der Waals surface area contributed by atoms with Crippen molar-refractivity contribution in [3.05, 3.63) is 28.0 Å². The normalized spacial score (nSPS) is 12.2. The van der Waals surface area contributed by atoms with Crippen LogP contribution in [0.5, 0.6) is 0 Å². The van der Waals surface area contributed by atoms with Gasteiger partial charge in [-0.05, 0) is 19.4 Å². The molecule has 6 heteroatoms. The lowest BCUT2D eigenvalue weighted by Gasteiger charge is -2.12. The summed E-state index contributed by atoms with van der Waals surface area (Å²) in [5.74, 6) is -0.324. The van der Waals surface area contributed by atoms with Crippen LogP contribution in [0.1, 0.15) is 23.7 Å². The van der Waals surface area contributed by atoms with Crippen molar-refractivity contribution >= 4 is 29.1 Å². The molecule has 1 amide bonds. The van der Waals surface area contributed by atoms with Gasteiger partial charge in [-0.2, -0.15) is 0 Å². The summed E-state index contributed by atoms with van der Waals surface area (Å²) >= 11 is 11.5. The van der Waals surface area contributed by atoms with E-state index >= 15 is 0 Å². The molecule has 0 saturated carbocycles. The summed E-state index contributed by atoms with van der Waals surface area (Å²) < 4.78 is 0. The molecule has 1 atom stereocenters. The first-order valence-corrected chi connectivity index (χ1v) is 5.53. The molecule has 0 aromatic carbocycles. The van der Waals surface area contributed by atoms with E-state index in [0.29, 0.717) is 6.42 Å². The summed E-state index contributed by atoms with van der Waals surface area (Å²) in [6, 6.07) is 1.28. The van der Waals surface area contributed by atoms with Gasteiger partial charge in [0.2, 0.25) is 0 Å². The Bertz CT molecular complexity index is 385. The van der Waals surface area contributed by atoms with Crippen LogP contribution in [0.15, 0.2) is 12.3 Å². The maximum atomic E-state index is 11.7. The Morgan fingerprint density at radius 3 is 2.94 bits per heavy atom. The minimum atomic E-state index is -0.324. The molecule has 0 aliphatic rings. The van der Waals surface area contributed by atoms with E-state index in [1.54, 1.807) is 6.92 Å². The number of rotatable bonds is 4. The minimum absolute atomic E-state index is 0.0201. The Kier molecular flexibility index (Phi) is 4.99. The van der Waals surface area contributed by atoms with Gasteiger partial charge in [-0.3, -0.25) is 4.79 Å². The van der Waals surface area contributed by atoms with Crippen LogP contribution in [-0.4, -0.2) is 28.6 Å². The molecule has 2 N–H and O–H groups in total. The van der Waals surface area contributed by atoms with Crippen LogP contribution < -0.4 is 5.32 Å². The molecule has 88 valence electrons. The predicted molar refractivity (Wildman–Crippen MR) is 62.9 cm³/mol. The van der Waals surface area contributed by atoms with Crippen LogP contribution >= 0.6 is 23.2 Å². The van der Waals surface area contributed by atoms with Crippen LogP contribution in [0, 0.1) is 0 Å². The standard InChI is InChI=1S/C10H12Cl2N2O2/c1-6(2-3-15)14-10(16)7-4-9(12)13-5-8(7)11/h4-6,15H,2-3H2,1H3,(H,14,16). The SMILES string of the molecule is CC(CCO)NC(=O)c1cc(Cl)ncc1Cl. The summed E-state index contributed by atoms with van der Waals surface area (Å²) in [7, 11) is 0. The minimum Gasteiger partial charge on any atom is -0.396 e. The van der Waals surface area contributed by atoms with E-state index in [2.05, 4.69) is 10.3 Å². The number of hydrogen-bond acceptors (Lipinski definition) is 3. The summed E-state index contributed by atoms with van der Waals surface area (Å²) in [6.45, 7) is 1.82. The highest BCUT2D eigenvalue weighted by atomic mass is 35.5. The molecule has 1 unspecified atom stereocenters. The van der Waals surface area contributed by atoms with Crippen LogP contribution in [0.4, 0.5) is 0 Å². The molecule has 0 saturated heterocycles. The van der Waals surface area contributed by atoms with Crippen LogP contribution in [-0.2, 0) is 0 Å². The number of hydrogen-bond donors (Lipinski definition) is 2. The number of carbonyl (C=O) groups is 1. The van der Waals surface area contributed by atoms with Gasteiger partial charge in [0.25, 0.3) is 5.91 Å². The van der Waals surface area contributed by atoms with Crippen molar-refractivity contribution < 1.29 is 9.90 Å². The Labute approximate surface area is 104 Å². The fraction of sp³-hybridized carbons (Fsp3) is 0.400. The highest BCUT2D eigenvalue weighted by molar-refractivity contribution is 6.35. The third-order valence-electron chi connectivity index (χ3n) is 2.01. The van der Waals surface area contributed by atoms with Gasteiger partial charge in [-0.1, -0.05) is 23.2 Å². The van der Waals surface area contributed by atoms with Crippen LogP contribution in [0.3, 0.4) is 0 Å². The summed E-state index contributed by atoms with van der Waals surface area (Å²) in [6.07, 6.45) is 1.82. The Hall–Kier alpha value is -0.840. The maximum absolute atomic E-state index is 11.7. The molecule has 0 aliphatic carbocycles. The number of pyridine rings is 1. The third-order valence-corrected chi connectivity index (χ3v) is 2.51. The van der Waals surface area contributed by atoms with Gasteiger partial charge in [0.15, 0.2) is 0 Å². The topological polar surface area (TPSA) is 62.2 Å². The number of halogens is 2. The zero-order chi connectivity index (χ0) is 12.1. The lowest BCUT2D eigenvalue weighted by atomic mass is 10.2. The Morgan fingerprint density at radius 1 is 1.62 bits per heavy atom. The Morgan fingerprint density at radius 2 is 2.31 bits per heavy atom. The highest BCUT2D eigenvalue weighted by Gasteiger charge is 2.13. The summed E-state index contributed by atoms with van der Waals surface area (Å²) in [4.78, 5) is 15.5. The van der Waals surface area contributed by atoms with Crippen molar-refractivity contribution in [2.45, 2.75) is 19.4 Å². The molecule has 1 aromatic heterocycles. The molecule has 1 aromatic rings. The van der Waals surface area contributed by atoms with Gasteiger partial charge in [0.1, 0.15) is 5.15 Å². The van der Waals surface area contributed by atoms with Gasteiger partial charge < -0.3 is 10.4 Å². The largest absolute Gasteiger partial charge is 0.396 e. The first kappa shape index (κ1) is 13.2. The number of carbonyl (C=O) groups excluding carboxylic acids is 1. The maximum Gasteiger partial charge on any atom is 0.253 e. The monoisotopic (exact) mass is 262 g/mol. The number of aromatic nitrogens is 1. The van der Waals surface area contributed by atoms with Gasteiger partial charge in [-0.25, -0.2) is 4.98 Å². The fourth-order valence-corrected chi connectivity index (χ4v) is 1.50. The zero-order valence-corrected chi connectivity index (χ0v) is 10.2. The molecule has 0 aliphatic heterocycles. The second-order valence-electron chi connectivity index (χ2n) is 3.37.